The number of hydrogen-bond donors (Lipinski definition) is 1. The molecule has 0 bridgehead atoms. The zero-order valence-electron chi connectivity index (χ0n) is 7.47. The fourth-order valence-corrected chi connectivity index (χ4v) is 1.31. The van der Waals surface area contributed by atoms with Crippen LogP contribution in [0.1, 0.15) is 5.69 Å². The van der Waals surface area contributed by atoms with Crippen molar-refractivity contribution in [2.24, 2.45) is 0 Å². The minimum atomic E-state index is 0.626. The Hall–Kier alpha value is -1.55. The number of fused-ring (bicyclic) bond motifs is 1. The van der Waals surface area contributed by atoms with Crippen LogP contribution in [0.25, 0.3) is 11.0 Å². The van der Waals surface area contributed by atoms with E-state index in [4.69, 9.17) is 0 Å². The predicted octanol–water partition coefficient (Wildman–Crippen LogP) is 1.68. The highest BCUT2D eigenvalue weighted by Gasteiger charge is 1.97. The fraction of sp³-hybridized carbons (Fsp3) is 0.100. The van der Waals surface area contributed by atoms with Crippen LogP contribution in [0.2, 0.25) is 0 Å². The summed E-state index contributed by atoms with van der Waals surface area (Å²) >= 11 is 4.66. The molecule has 1 heterocycles. The molecular weight excluding hydrogens is 194 g/mol. The highest BCUT2D eigenvalue weighted by Crippen LogP contribution is 2.07. The van der Waals surface area contributed by atoms with Gasteiger partial charge in [-0.1, -0.05) is 24.4 Å². The molecule has 0 aliphatic heterocycles. The molecule has 0 aliphatic rings. The Balaban J connectivity index is 2.36. The molecule has 0 fully saturated rings. The molecule has 0 aliphatic carbocycles. The molecule has 14 heavy (non-hydrogen) atoms. The van der Waals surface area contributed by atoms with Crippen molar-refractivity contribution in [2.75, 3.05) is 0 Å². The summed E-state index contributed by atoms with van der Waals surface area (Å²) in [5, 5.41) is 2.92. The molecule has 3 nitrogen and oxygen atoms in total. The van der Waals surface area contributed by atoms with Crippen molar-refractivity contribution < 1.29 is 0 Å². The van der Waals surface area contributed by atoms with Crippen molar-refractivity contribution in [1.29, 1.82) is 0 Å². The van der Waals surface area contributed by atoms with Crippen LogP contribution in [0, 0.1) is 0 Å². The lowest BCUT2D eigenvalue weighted by Gasteiger charge is -2.01. The van der Waals surface area contributed by atoms with Gasteiger partial charge in [0.15, 0.2) is 0 Å². The van der Waals surface area contributed by atoms with Gasteiger partial charge in [-0.15, -0.1) is 0 Å². The first-order chi connectivity index (χ1) is 6.90. The van der Waals surface area contributed by atoms with Crippen LogP contribution in [-0.4, -0.2) is 15.5 Å². The van der Waals surface area contributed by atoms with Gasteiger partial charge < -0.3 is 5.32 Å². The van der Waals surface area contributed by atoms with Gasteiger partial charge in [0.1, 0.15) is 0 Å². The van der Waals surface area contributed by atoms with E-state index < -0.39 is 0 Å². The van der Waals surface area contributed by atoms with Crippen molar-refractivity contribution in [3.05, 3.63) is 36.2 Å². The number of aromatic nitrogens is 2. The summed E-state index contributed by atoms with van der Waals surface area (Å²) in [6.07, 6.45) is 1.76. The zero-order chi connectivity index (χ0) is 9.80. The van der Waals surface area contributed by atoms with E-state index in [1.54, 1.807) is 6.20 Å². The van der Waals surface area contributed by atoms with Gasteiger partial charge in [0.2, 0.25) is 0 Å². The molecule has 0 radical (unpaired) electrons. The molecule has 0 atom stereocenters. The second-order valence-corrected chi connectivity index (χ2v) is 3.08. The van der Waals surface area contributed by atoms with Gasteiger partial charge in [-0.25, -0.2) is 4.98 Å². The van der Waals surface area contributed by atoms with E-state index in [0.29, 0.717) is 6.54 Å². The molecule has 70 valence electrons. The average molecular weight is 203 g/mol. The van der Waals surface area contributed by atoms with Crippen molar-refractivity contribution >= 4 is 28.7 Å². The van der Waals surface area contributed by atoms with Crippen molar-refractivity contribution in [1.82, 2.24) is 15.3 Å². The first-order valence-electron chi connectivity index (χ1n) is 4.28. The van der Waals surface area contributed by atoms with E-state index in [-0.39, 0.29) is 0 Å². The Morgan fingerprint density at radius 2 is 2.07 bits per heavy atom. The number of hydrogen-bond acceptors (Lipinski definition) is 3. The highest BCUT2D eigenvalue weighted by molar-refractivity contribution is 7.78. The largest absolute Gasteiger partial charge is 0.376 e. The highest BCUT2D eigenvalue weighted by atomic mass is 32.1. The van der Waals surface area contributed by atoms with E-state index in [1.165, 1.54) is 5.49 Å². The minimum Gasteiger partial charge on any atom is -0.376 e. The Morgan fingerprint density at radius 3 is 2.86 bits per heavy atom. The Kier molecular flexibility index (Phi) is 2.65. The van der Waals surface area contributed by atoms with Gasteiger partial charge in [-0.05, 0) is 12.1 Å². The zero-order valence-corrected chi connectivity index (χ0v) is 8.29. The smallest absolute Gasteiger partial charge is 0.0890 e. The lowest BCUT2D eigenvalue weighted by Crippen LogP contribution is -2.10. The topological polar surface area (TPSA) is 37.8 Å². The summed E-state index contributed by atoms with van der Waals surface area (Å²) < 4.78 is 0. The summed E-state index contributed by atoms with van der Waals surface area (Å²) in [6, 6.07) is 7.79. The maximum absolute atomic E-state index is 4.66. The summed E-state index contributed by atoms with van der Waals surface area (Å²) in [7, 11) is 0. The maximum Gasteiger partial charge on any atom is 0.0890 e. The molecule has 0 spiro atoms. The van der Waals surface area contributed by atoms with Gasteiger partial charge >= 0.3 is 0 Å². The van der Waals surface area contributed by atoms with Gasteiger partial charge in [-0.2, -0.15) is 0 Å². The van der Waals surface area contributed by atoms with Crippen LogP contribution in [0.15, 0.2) is 30.5 Å². The third-order valence-corrected chi connectivity index (χ3v) is 2.03. The van der Waals surface area contributed by atoms with Crippen LogP contribution in [0.3, 0.4) is 0 Å². The van der Waals surface area contributed by atoms with E-state index in [2.05, 4.69) is 27.5 Å². The Morgan fingerprint density at radius 1 is 1.29 bits per heavy atom. The Labute approximate surface area is 87.2 Å². The van der Waals surface area contributed by atoms with Gasteiger partial charge in [0.05, 0.1) is 35.0 Å². The molecule has 2 rings (SSSR count). The molecular formula is C10H9N3S. The monoisotopic (exact) mass is 203 g/mol. The fourth-order valence-electron chi connectivity index (χ4n) is 1.23. The predicted molar refractivity (Wildman–Crippen MR) is 60.0 cm³/mol. The number of nitrogens with zero attached hydrogens (tertiary/aromatic N) is 2. The van der Waals surface area contributed by atoms with E-state index in [9.17, 15) is 0 Å². The molecule has 0 amide bonds. The molecule has 0 saturated carbocycles. The van der Waals surface area contributed by atoms with Crippen molar-refractivity contribution in [3.8, 4) is 0 Å². The number of nitrogens with one attached hydrogen (secondary N) is 1. The summed E-state index contributed by atoms with van der Waals surface area (Å²) in [4.78, 5) is 8.71. The quantitative estimate of drug-likeness (QED) is 0.770. The van der Waals surface area contributed by atoms with Gasteiger partial charge in [0.25, 0.3) is 0 Å². The van der Waals surface area contributed by atoms with Crippen LogP contribution < -0.4 is 5.32 Å². The number of rotatable bonds is 3. The molecule has 0 saturated heterocycles. The van der Waals surface area contributed by atoms with Crippen LogP contribution in [0.4, 0.5) is 0 Å². The van der Waals surface area contributed by atoms with Crippen molar-refractivity contribution in [3.63, 3.8) is 0 Å². The lowest BCUT2D eigenvalue weighted by molar-refractivity contribution is 0.895. The number of benzene rings is 1. The number of para-hydroxylation sites is 2. The molecule has 0 unspecified atom stereocenters. The van der Waals surface area contributed by atoms with Crippen LogP contribution in [0.5, 0.6) is 0 Å². The SMILES string of the molecule is S=CNCc1cnc2ccccc2n1. The second-order valence-electron chi connectivity index (χ2n) is 2.85. The first kappa shape index (κ1) is 9.02. The standard InChI is InChI=1S/C10H9N3S/c14-7-11-5-8-6-12-9-3-1-2-4-10(9)13-8/h1-4,6-7H,5H2,(H,11,14). The van der Waals surface area contributed by atoms with E-state index in [0.717, 1.165) is 16.7 Å². The lowest BCUT2D eigenvalue weighted by atomic mass is 10.3. The average Bonchev–Trinajstić information content (AvgIpc) is 2.26. The van der Waals surface area contributed by atoms with Crippen LogP contribution in [-0.2, 0) is 6.54 Å². The van der Waals surface area contributed by atoms with Crippen LogP contribution >= 0.6 is 12.2 Å². The van der Waals surface area contributed by atoms with Gasteiger partial charge in [0, 0.05) is 0 Å². The number of thiocarbonyl (C=S) groups is 1. The molecule has 2 aromatic rings. The van der Waals surface area contributed by atoms with Crippen molar-refractivity contribution in [2.45, 2.75) is 6.54 Å². The second kappa shape index (κ2) is 4.11. The maximum atomic E-state index is 4.66. The Bertz CT molecular complexity index is 456. The van der Waals surface area contributed by atoms with E-state index in [1.807, 2.05) is 24.3 Å². The molecule has 1 aromatic heterocycles. The summed E-state index contributed by atoms with van der Waals surface area (Å²) in [5.74, 6) is 0. The first-order valence-corrected chi connectivity index (χ1v) is 4.75. The minimum absolute atomic E-state index is 0.626. The normalized spacial score (nSPS) is 10.0. The third kappa shape index (κ3) is 1.85. The third-order valence-electron chi connectivity index (χ3n) is 1.86. The van der Waals surface area contributed by atoms with Gasteiger partial charge in [-0.3, -0.25) is 4.98 Å². The van der Waals surface area contributed by atoms with E-state index >= 15 is 0 Å². The molecule has 4 heteroatoms. The molecule has 1 aromatic carbocycles. The summed E-state index contributed by atoms with van der Waals surface area (Å²) in [6.45, 7) is 0.626. The summed E-state index contributed by atoms with van der Waals surface area (Å²) in [5.41, 5.74) is 4.20. The molecule has 1 N–H and O–H groups in total.